The molecule has 8 atom stereocenters. The molecule has 0 aliphatic heterocycles. The molecule has 4 aliphatic carbocycles. The highest BCUT2D eigenvalue weighted by Gasteiger charge is 2.58. The van der Waals surface area contributed by atoms with Crippen molar-refractivity contribution in [1.29, 1.82) is 0 Å². The first kappa shape index (κ1) is 25.1. The molecule has 2 nitrogen and oxygen atoms in total. The second-order valence-electron chi connectivity index (χ2n) is 13.0. The molecule has 0 radical (unpaired) electrons. The summed E-state index contributed by atoms with van der Waals surface area (Å²) in [6.45, 7) is 16.3. The number of carbonyl (C=O) groups is 1. The van der Waals surface area contributed by atoms with E-state index in [9.17, 15) is 4.79 Å². The van der Waals surface area contributed by atoms with Crippen LogP contribution >= 0.6 is 0 Å². The van der Waals surface area contributed by atoms with Crippen molar-refractivity contribution < 1.29 is 9.53 Å². The first-order chi connectivity index (χ1) is 15.6. The number of hydrogen-bond acceptors (Lipinski definition) is 2. The third-order valence-electron chi connectivity index (χ3n) is 11.2. The Balaban J connectivity index is 1.48. The molecule has 0 aromatic rings. The number of fused-ring (bicyclic) bond motifs is 5. The fourth-order valence-corrected chi connectivity index (χ4v) is 9.17. The van der Waals surface area contributed by atoms with Gasteiger partial charge in [0.2, 0.25) is 0 Å². The summed E-state index contributed by atoms with van der Waals surface area (Å²) in [7, 11) is 0. The van der Waals surface area contributed by atoms with E-state index in [4.69, 9.17) is 4.74 Å². The van der Waals surface area contributed by atoms with E-state index >= 15 is 0 Å². The Kier molecular flexibility index (Phi) is 7.24. The zero-order valence-corrected chi connectivity index (χ0v) is 22.6. The molecule has 33 heavy (non-hydrogen) atoms. The monoisotopic (exact) mass is 454 g/mol. The molecule has 2 heteroatoms. The van der Waals surface area contributed by atoms with Crippen LogP contribution in [0.5, 0.6) is 0 Å². The summed E-state index contributed by atoms with van der Waals surface area (Å²) in [4.78, 5) is 11.5. The van der Waals surface area contributed by atoms with E-state index in [1.165, 1.54) is 57.8 Å². The van der Waals surface area contributed by atoms with Gasteiger partial charge in [0.15, 0.2) is 0 Å². The molecule has 3 fully saturated rings. The molecule has 0 amide bonds. The molecule has 0 aromatic heterocycles. The average Bonchev–Trinajstić information content (AvgIpc) is 3.11. The first-order valence-corrected chi connectivity index (χ1v) is 14.1. The highest BCUT2D eigenvalue weighted by Crippen LogP contribution is 2.67. The maximum Gasteiger partial charge on any atom is 0.302 e. The summed E-state index contributed by atoms with van der Waals surface area (Å²) in [5, 5.41) is 0. The van der Waals surface area contributed by atoms with E-state index in [1.54, 1.807) is 18.1 Å². The van der Waals surface area contributed by atoms with Gasteiger partial charge in [-0.3, -0.25) is 4.79 Å². The van der Waals surface area contributed by atoms with Gasteiger partial charge in [-0.25, -0.2) is 0 Å². The maximum absolute atomic E-state index is 11.5. The van der Waals surface area contributed by atoms with Gasteiger partial charge >= 0.3 is 5.97 Å². The molecule has 0 aromatic carbocycles. The van der Waals surface area contributed by atoms with Gasteiger partial charge in [-0.05, 0) is 125 Å². The van der Waals surface area contributed by atoms with Crippen molar-refractivity contribution in [1.82, 2.24) is 0 Å². The average molecular weight is 455 g/mol. The maximum atomic E-state index is 11.5. The topological polar surface area (TPSA) is 26.3 Å². The Morgan fingerprint density at radius 3 is 2.42 bits per heavy atom. The Hall–Kier alpha value is -1.05. The quantitative estimate of drug-likeness (QED) is 0.296. The second-order valence-corrected chi connectivity index (χ2v) is 13.0. The molecule has 0 N–H and O–H groups in total. The lowest BCUT2D eigenvalue weighted by atomic mass is 9.47. The minimum atomic E-state index is -0.106. The zero-order valence-electron chi connectivity index (χ0n) is 22.6. The number of allylic oxidation sites excluding steroid dienone is 4. The van der Waals surface area contributed by atoms with Crippen LogP contribution in [0.4, 0.5) is 0 Å². The van der Waals surface area contributed by atoms with E-state index in [2.05, 4.69) is 47.6 Å². The number of hydrogen-bond donors (Lipinski definition) is 0. The van der Waals surface area contributed by atoms with Crippen molar-refractivity contribution in [2.24, 2.45) is 40.4 Å². The molecule has 0 spiro atoms. The number of ether oxygens (including phenoxy) is 1. The van der Waals surface area contributed by atoms with Crippen LogP contribution in [0.3, 0.4) is 0 Å². The van der Waals surface area contributed by atoms with Gasteiger partial charge in [-0.15, -0.1) is 0 Å². The van der Waals surface area contributed by atoms with Gasteiger partial charge < -0.3 is 4.74 Å². The van der Waals surface area contributed by atoms with Crippen molar-refractivity contribution in [2.75, 3.05) is 0 Å². The lowest BCUT2D eigenvalue weighted by Gasteiger charge is -2.58. The normalized spacial score (nSPS) is 40.7. The van der Waals surface area contributed by atoms with Gasteiger partial charge in [0.25, 0.3) is 0 Å². The molecule has 4 aliphatic rings. The summed E-state index contributed by atoms with van der Waals surface area (Å²) in [5.74, 6) is 3.85. The number of rotatable bonds is 6. The number of carbonyl (C=O) groups excluding carboxylic acids is 1. The lowest BCUT2D eigenvalue weighted by Crippen LogP contribution is -2.50. The molecular weight excluding hydrogens is 404 g/mol. The largest absolute Gasteiger partial charge is 0.463 e. The summed E-state index contributed by atoms with van der Waals surface area (Å²) >= 11 is 0. The summed E-state index contributed by atoms with van der Waals surface area (Å²) in [6, 6.07) is 0. The Morgan fingerprint density at radius 1 is 1.06 bits per heavy atom. The summed E-state index contributed by atoms with van der Waals surface area (Å²) < 4.78 is 5.65. The smallest absolute Gasteiger partial charge is 0.302 e. The molecule has 4 rings (SSSR count). The van der Waals surface area contributed by atoms with E-state index in [1.807, 2.05) is 5.57 Å². The predicted molar refractivity (Wildman–Crippen MR) is 138 cm³/mol. The molecule has 3 saturated carbocycles. The standard InChI is InChI=1S/C31H50O2/c1-8-23(20(2)3)10-9-21(4)27-13-14-28-26-12-11-24-19-25(33-22(5)32)15-17-30(24,6)29(26)16-18-31(27,28)7/h12,21,24-25,27-29H,8-11,13-19H2,1-7H3/t21?,24-,25?,27?,28?,29?,30?,31?/m0/s1. The predicted octanol–water partition coefficient (Wildman–Crippen LogP) is 8.66. The van der Waals surface area contributed by atoms with E-state index in [-0.39, 0.29) is 12.1 Å². The van der Waals surface area contributed by atoms with Crippen molar-refractivity contribution in [3.05, 3.63) is 22.8 Å². The Labute approximate surface area is 204 Å². The van der Waals surface area contributed by atoms with Crippen LogP contribution in [0.25, 0.3) is 0 Å². The van der Waals surface area contributed by atoms with E-state index in [0.717, 1.165) is 36.5 Å². The lowest BCUT2D eigenvalue weighted by molar-refractivity contribution is -0.152. The van der Waals surface area contributed by atoms with Crippen molar-refractivity contribution in [3.63, 3.8) is 0 Å². The fraction of sp³-hybridized carbons (Fsp3) is 0.839. The summed E-state index contributed by atoms with van der Waals surface area (Å²) in [6.07, 6.45) is 16.9. The highest BCUT2D eigenvalue weighted by atomic mass is 16.5. The van der Waals surface area contributed by atoms with Crippen molar-refractivity contribution in [3.8, 4) is 0 Å². The van der Waals surface area contributed by atoms with Crippen LogP contribution in [-0.2, 0) is 9.53 Å². The minimum absolute atomic E-state index is 0.106. The Morgan fingerprint density at radius 2 is 1.76 bits per heavy atom. The second kappa shape index (κ2) is 9.54. The first-order valence-electron chi connectivity index (χ1n) is 14.1. The zero-order chi connectivity index (χ0) is 24.0. The molecule has 186 valence electrons. The highest BCUT2D eigenvalue weighted by molar-refractivity contribution is 5.66. The third-order valence-corrected chi connectivity index (χ3v) is 11.2. The molecule has 0 bridgehead atoms. The van der Waals surface area contributed by atoms with Crippen molar-refractivity contribution >= 4 is 5.97 Å². The van der Waals surface area contributed by atoms with Gasteiger partial charge in [0, 0.05) is 6.92 Å². The van der Waals surface area contributed by atoms with Gasteiger partial charge in [-0.2, -0.15) is 0 Å². The van der Waals surface area contributed by atoms with Crippen LogP contribution in [0.2, 0.25) is 0 Å². The van der Waals surface area contributed by atoms with Gasteiger partial charge in [0.05, 0.1) is 0 Å². The van der Waals surface area contributed by atoms with Crippen LogP contribution in [0.1, 0.15) is 119 Å². The van der Waals surface area contributed by atoms with Crippen LogP contribution in [0.15, 0.2) is 22.8 Å². The molecule has 7 unspecified atom stereocenters. The SMILES string of the molecule is CCC(CCC(C)C1CCC2C3=CC[C@H]4CC(OC(C)=O)CCC4(C)C3CCC21C)=C(C)C. The van der Waals surface area contributed by atoms with Crippen LogP contribution < -0.4 is 0 Å². The molecular formula is C31H50O2. The molecule has 0 saturated heterocycles. The van der Waals surface area contributed by atoms with E-state index < -0.39 is 0 Å². The molecule has 0 heterocycles. The van der Waals surface area contributed by atoms with Crippen molar-refractivity contribution in [2.45, 2.75) is 125 Å². The van der Waals surface area contributed by atoms with Crippen LogP contribution in [-0.4, -0.2) is 12.1 Å². The van der Waals surface area contributed by atoms with Crippen LogP contribution in [0, 0.1) is 40.4 Å². The van der Waals surface area contributed by atoms with Gasteiger partial charge in [0.1, 0.15) is 6.10 Å². The Bertz CT molecular complexity index is 802. The minimum Gasteiger partial charge on any atom is -0.463 e. The fourth-order valence-electron chi connectivity index (χ4n) is 9.17. The van der Waals surface area contributed by atoms with Gasteiger partial charge in [-0.1, -0.05) is 50.5 Å². The number of esters is 1. The third kappa shape index (κ3) is 4.50. The van der Waals surface area contributed by atoms with E-state index in [0.29, 0.717) is 16.7 Å². The summed E-state index contributed by atoms with van der Waals surface area (Å²) in [5.41, 5.74) is 5.98.